The van der Waals surface area contributed by atoms with Gasteiger partial charge in [-0.15, -0.1) is 0 Å². The van der Waals surface area contributed by atoms with Crippen LogP contribution in [-0.2, 0) is 19.6 Å². The maximum atomic E-state index is 12.3. The van der Waals surface area contributed by atoms with Gasteiger partial charge >= 0.3 is 5.97 Å². The molecule has 0 bridgehead atoms. The van der Waals surface area contributed by atoms with Crippen LogP contribution in [0.1, 0.15) is 11.1 Å². The first kappa shape index (κ1) is 20.6. The van der Waals surface area contributed by atoms with Crippen molar-refractivity contribution < 1.29 is 27.4 Å². The minimum absolute atomic E-state index is 0.0394. The highest BCUT2D eigenvalue weighted by Gasteiger charge is 2.26. The SMILES string of the molecule is COc1ccc(/C=C2\N=C(c3cccc(S(=O)(=O)N(C)C)c3)OC2=O)cc1OC. The lowest BCUT2D eigenvalue weighted by molar-refractivity contribution is -0.129. The maximum Gasteiger partial charge on any atom is 0.363 e. The minimum atomic E-state index is -3.62. The fourth-order valence-corrected chi connectivity index (χ4v) is 3.58. The first-order valence-corrected chi connectivity index (χ1v) is 9.98. The van der Waals surface area contributed by atoms with Crippen molar-refractivity contribution in [2.75, 3.05) is 28.3 Å². The molecule has 2 aromatic carbocycles. The number of cyclic esters (lactones) is 1. The number of sulfonamides is 1. The number of hydrogen-bond acceptors (Lipinski definition) is 7. The average Bonchev–Trinajstić information content (AvgIpc) is 3.08. The summed E-state index contributed by atoms with van der Waals surface area (Å²) in [6, 6.07) is 11.2. The number of nitrogens with zero attached hydrogens (tertiary/aromatic N) is 2. The summed E-state index contributed by atoms with van der Waals surface area (Å²) in [4.78, 5) is 16.5. The van der Waals surface area contributed by atoms with E-state index < -0.39 is 16.0 Å². The van der Waals surface area contributed by atoms with Crippen molar-refractivity contribution in [3.05, 3.63) is 59.3 Å². The molecule has 0 saturated heterocycles. The second kappa shape index (κ2) is 8.06. The summed E-state index contributed by atoms with van der Waals surface area (Å²) < 4.78 is 41.5. The van der Waals surface area contributed by atoms with Crippen LogP contribution in [0.25, 0.3) is 6.08 Å². The van der Waals surface area contributed by atoms with Crippen molar-refractivity contribution in [3.8, 4) is 11.5 Å². The molecule has 0 unspecified atom stereocenters. The Labute approximate surface area is 169 Å². The highest BCUT2D eigenvalue weighted by molar-refractivity contribution is 7.89. The van der Waals surface area contributed by atoms with Gasteiger partial charge in [0.05, 0.1) is 19.1 Å². The Hall–Kier alpha value is -3.17. The Balaban J connectivity index is 1.96. The summed E-state index contributed by atoms with van der Waals surface area (Å²) in [5.41, 5.74) is 1.15. The highest BCUT2D eigenvalue weighted by atomic mass is 32.2. The van der Waals surface area contributed by atoms with Crippen molar-refractivity contribution in [3.63, 3.8) is 0 Å². The Bertz CT molecular complexity index is 1120. The lowest BCUT2D eigenvalue weighted by Crippen LogP contribution is -2.22. The molecular formula is C20H20N2O6S. The molecule has 2 aromatic rings. The van der Waals surface area contributed by atoms with E-state index in [4.69, 9.17) is 14.2 Å². The van der Waals surface area contributed by atoms with E-state index in [1.165, 1.54) is 40.4 Å². The first-order valence-electron chi connectivity index (χ1n) is 8.54. The number of carbonyl (C=O) groups excluding carboxylic acids is 1. The van der Waals surface area contributed by atoms with Crippen LogP contribution < -0.4 is 9.47 Å². The molecule has 0 aromatic heterocycles. The molecule has 0 radical (unpaired) electrons. The van der Waals surface area contributed by atoms with Crippen molar-refractivity contribution in [1.29, 1.82) is 0 Å². The van der Waals surface area contributed by atoms with Gasteiger partial charge in [0.2, 0.25) is 15.9 Å². The smallest absolute Gasteiger partial charge is 0.363 e. The summed E-state index contributed by atoms with van der Waals surface area (Å²) in [7, 11) is 2.32. The molecule has 8 nitrogen and oxygen atoms in total. The summed E-state index contributed by atoms with van der Waals surface area (Å²) in [6.07, 6.45) is 1.55. The van der Waals surface area contributed by atoms with Crippen molar-refractivity contribution >= 4 is 28.0 Å². The number of aliphatic imine (C=N–C) groups is 1. The number of esters is 1. The van der Waals surface area contributed by atoms with Crippen molar-refractivity contribution in [2.24, 2.45) is 4.99 Å². The van der Waals surface area contributed by atoms with Crippen LogP contribution in [0, 0.1) is 0 Å². The van der Waals surface area contributed by atoms with Gasteiger partial charge in [0.25, 0.3) is 0 Å². The monoisotopic (exact) mass is 416 g/mol. The van der Waals surface area contributed by atoms with Gasteiger partial charge in [-0.25, -0.2) is 22.5 Å². The van der Waals surface area contributed by atoms with E-state index in [1.807, 2.05) is 0 Å². The molecule has 0 saturated carbocycles. The lowest BCUT2D eigenvalue weighted by atomic mass is 10.1. The molecule has 0 atom stereocenters. The van der Waals surface area contributed by atoms with E-state index in [0.29, 0.717) is 22.6 Å². The molecule has 0 amide bonds. The van der Waals surface area contributed by atoms with Gasteiger partial charge in [-0.3, -0.25) is 0 Å². The molecule has 0 N–H and O–H groups in total. The van der Waals surface area contributed by atoms with Crippen LogP contribution in [0.15, 0.2) is 58.0 Å². The second-order valence-corrected chi connectivity index (χ2v) is 8.42. The number of carbonyl (C=O) groups is 1. The number of hydrogen-bond donors (Lipinski definition) is 0. The fraction of sp³-hybridized carbons (Fsp3) is 0.200. The molecule has 1 heterocycles. The van der Waals surface area contributed by atoms with Crippen LogP contribution in [-0.4, -0.2) is 52.9 Å². The topological polar surface area (TPSA) is 94.5 Å². The average molecular weight is 416 g/mol. The van der Waals surface area contributed by atoms with Crippen molar-refractivity contribution in [2.45, 2.75) is 4.90 Å². The third kappa shape index (κ3) is 4.15. The van der Waals surface area contributed by atoms with Gasteiger partial charge in [-0.1, -0.05) is 12.1 Å². The molecule has 1 aliphatic rings. The highest BCUT2D eigenvalue weighted by Crippen LogP contribution is 2.29. The molecular weight excluding hydrogens is 396 g/mol. The van der Waals surface area contributed by atoms with E-state index in [1.54, 1.807) is 36.4 Å². The van der Waals surface area contributed by atoms with E-state index in [-0.39, 0.29) is 16.5 Å². The zero-order valence-electron chi connectivity index (χ0n) is 16.4. The Morgan fingerprint density at radius 3 is 2.41 bits per heavy atom. The zero-order valence-corrected chi connectivity index (χ0v) is 17.2. The fourth-order valence-electron chi connectivity index (χ4n) is 2.63. The normalized spacial score (nSPS) is 15.4. The van der Waals surface area contributed by atoms with E-state index in [9.17, 15) is 13.2 Å². The molecule has 0 fully saturated rings. The van der Waals surface area contributed by atoms with Crippen LogP contribution >= 0.6 is 0 Å². The molecule has 1 aliphatic heterocycles. The van der Waals surface area contributed by atoms with Gasteiger partial charge in [0, 0.05) is 19.7 Å². The quantitative estimate of drug-likeness (QED) is 0.530. The van der Waals surface area contributed by atoms with E-state index >= 15 is 0 Å². The first-order chi connectivity index (χ1) is 13.8. The summed E-state index contributed by atoms with van der Waals surface area (Å²) in [5, 5.41) is 0. The van der Waals surface area contributed by atoms with E-state index in [0.717, 1.165) is 4.31 Å². The third-order valence-corrected chi connectivity index (χ3v) is 6.00. The maximum absolute atomic E-state index is 12.3. The van der Waals surface area contributed by atoms with Crippen LogP contribution in [0.4, 0.5) is 0 Å². The minimum Gasteiger partial charge on any atom is -0.493 e. The van der Waals surface area contributed by atoms with Gasteiger partial charge < -0.3 is 14.2 Å². The molecule has 152 valence electrons. The van der Waals surface area contributed by atoms with Crippen LogP contribution in [0.5, 0.6) is 11.5 Å². The molecule has 0 aliphatic carbocycles. The third-order valence-electron chi connectivity index (χ3n) is 4.19. The van der Waals surface area contributed by atoms with E-state index in [2.05, 4.69) is 4.99 Å². The molecule has 3 rings (SSSR count). The standard InChI is InChI=1S/C20H20N2O6S/c1-22(2)29(24,25)15-7-5-6-14(12-15)19-21-16(20(23)28-19)10-13-8-9-17(26-3)18(11-13)27-4/h5-12H,1-4H3/b16-10-. The summed E-state index contributed by atoms with van der Waals surface area (Å²) >= 11 is 0. The largest absolute Gasteiger partial charge is 0.493 e. The predicted molar refractivity (Wildman–Crippen MR) is 107 cm³/mol. The zero-order chi connectivity index (χ0) is 21.2. The second-order valence-electron chi connectivity index (χ2n) is 6.27. The number of rotatable bonds is 6. The Morgan fingerprint density at radius 2 is 1.76 bits per heavy atom. The summed E-state index contributed by atoms with van der Waals surface area (Å²) in [6.45, 7) is 0. The van der Waals surface area contributed by atoms with Gasteiger partial charge in [-0.2, -0.15) is 0 Å². The van der Waals surface area contributed by atoms with Crippen LogP contribution in [0.3, 0.4) is 0 Å². The molecule has 0 spiro atoms. The van der Waals surface area contributed by atoms with Gasteiger partial charge in [0.15, 0.2) is 17.2 Å². The van der Waals surface area contributed by atoms with Crippen molar-refractivity contribution in [1.82, 2.24) is 4.31 Å². The summed E-state index contributed by atoms with van der Waals surface area (Å²) in [5.74, 6) is 0.485. The molecule has 9 heteroatoms. The Kier molecular flexibility index (Phi) is 5.71. The van der Waals surface area contributed by atoms with Crippen LogP contribution in [0.2, 0.25) is 0 Å². The number of ether oxygens (including phenoxy) is 3. The lowest BCUT2D eigenvalue weighted by Gasteiger charge is -2.11. The Morgan fingerprint density at radius 1 is 1.03 bits per heavy atom. The number of methoxy groups -OCH3 is 2. The molecule has 29 heavy (non-hydrogen) atoms. The number of benzene rings is 2. The van der Waals surface area contributed by atoms with Gasteiger partial charge in [-0.05, 0) is 42.0 Å². The predicted octanol–water partition coefficient (Wildman–Crippen LogP) is 2.30. The van der Waals surface area contributed by atoms with Gasteiger partial charge in [0.1, 0.15) is 0 Å².